The Balaban J connectivity index is 2.93. The average Bonchev–Trinajstić information content (AvgIpc) is 1.66. The lowest BCUT2D eigenvalue weighted by molar-refractivity contribution is 0.437. The molecule has 0 atom stereocenters. The molecule has 0 aliphatic heterocycles. The van der Waals surface area contributed by atoms with Crippen LogP contribution in [0.4, 0.5) is 0 Å². The van der Waals surface area contributed by atoms with Gasteiger partial charge in [0, 0.05) is 12.3 Å². The van der Waals surface area contributed by atoms with Crippen molar-refractivity contribution in [2.75, 3.05) is 26.4 Å². The molecule has 0 N–H and O–H groups in total. The number of nitrogens with zero attached hydrogens (tertiary/aromatic N) is 1. The van der Waals surface area contributed by atoms with Gasteiger partial charge in [0.1, 0.15) is 0 Å². The molecule has 49 valence electrons. The smallest absolute Gasteiger partial charge is 0.0986 e. The molecule has 0 aromatic heterocycles. The molecule has 2 nitrogen and oxygen atoms in total. The molecule has 0 saturated carbocycles. The van der Waals surface area contributed by atoms with Crippen LogP contribution >= 0.6 is 11.4 Å². The van der Waals surface area contributed by atoms with Crippen molar-refractivity contribution < 1.29 is 5.11 Å². The Hall–Kier alpha value is 0.140. The van der Waals surface area contributed by atoms with Crippen LogP contribution in [0.1, 0.15) is 0 Å². The number of thiol groups is 1. The van der Waals surface area contributed by atoms with E-state index in [0.29, 0.717) is 0 Å². The Morgan fingerprint density at radius 3 is 2.62 bits per heavy atom. The summed E-state index contributed by atoms with van der Waals surface area (Å²) in [6, 6.07) is 0. The van der Waals surface area contributed by atoms with Crippen molar-refractivity contribution in [1.82, 2.24) is 4.90 Å². The summed E-state index contributed by atoms with van der Waals surface area (Å²) in [5, 5.41) is 9.76. The molecule has 0 rings (SSSR count). The molecule has 0 spiro atoms. The molecule has 0 saturated heterocycles. The van der Waals surface area contributed by atoms with Gasteiger partial charge in [0.25, 0.3) is 0 Å². The maximum Gasteiger partial charge on any atom is 0.0986 e. The fourth-order valence-corrected chi connectivity index (χ4v) is 0.931. The number of rotatable bonds is 3. The Morgan fingerprint density at radius 2 is 2.25 bits per heavy atom. The predicted octanol–water partition coefficient (Wildman–Crippen LogP) is 0.204. The summed E-state index contributed by atoms with van der Waals surface area (Å²) in [7, 11) is 4.00. The van der Waals surface area contributed by atoms with Gasteiger partial charge in [0.05, 0.1) is 5.55 Å². The van der Waals surface area contributed by atoms with Crippen molar-refractivity contribution in [2.24, 2.45) is 0 Å². The second-order valence-electron chi connectivity index (χ2n) is 1.81. The van der Waals surface area contributed by atoms with E-state index in [1.54, 1.807) is 0 Å². The first-order valence-electron chi connectivity index (χ1n) is 2.52. The highest BCUT2D eigenvalue weighted by Gasteiger charge is 1.82. The van der Waals surface area contributed by atoms with Crippen LogP contribution in [0, 0.1) is 0 Å². The van der Waals surface area contributed by atoms with Gasteiger partial charge >= 0.3 is 0 Å². The lowest BCUT2D eigenvalue weighted by Gasteiger charge is -2.04. The third kappa shape index (κ3) is 6.14. The normalized spacial score (nSPS) is 12.5. The predicted molar refractivity (Wildman–Crippen MR) is 39.2 cm³/mol. The van der Waals surface area contributed by atoms with Crippen LogP contribution < -0.4 is 0 Å². The van der Waals surface area contributed by atoms with Crippen molar-refractivity contribution in [2.45, 2.75) is 0 Å². The van der Waals surface area contributed by atoms with Crippen molar-refractivity contribution >= 4 is 16.9 Å². The maximum absolute atomic E-state index is 9.76. The minimum Gasteiger partial charge on any atom is -0.309 e. The van der Waals surface area contributed by atoms with Gasteiger partial charge in [-0.05, 0) is 14.1 Å². The molecule has 0 unspecified atom stereocenters. The van der Waals surface area contributed by atoms with Crippen LogP contribution in [-0.2, 0) is 5.11 Å². The SMILES string of the molecule is CN(C)CC[SH]=C[O]. The molecule has 0 aliphatic carbocycles. The van der Waals surface area contributed by atoms with Crippen LogP contribution in [0.2, 0.25) is 0 Å². The molecule has 0 bridgehead atoms. The van der Waals surface area contributed by atoms with E-state index in [9.17, 15) is 5.11 Å². The molecular weight excluding hydrogens is 122 g/mol. The summed E-state index contributed by atoms with van der Waals surface area (Å²) >= 11 is 0.900. The third-order valence-electron chi connectivity index (χ3n) is 0.751. The Labute approximate surface area is 54.1 Å². The van der Waals surface area contributed by atoms with E-state index in [0.717, 1.165) is 29.2 Å². The van der Waals surface area contributed by atoms with Gasteiger partial charge in [-0.15, -0.1) is 0 Å². The van der Waals surface area contributed by atoms with Crippen LogP contribution in [-0.4, -0.2) is 36.8 Å². The van der Waals surface area contributed by atoms with Gasteiger partial charge in [0.15, 0.2) is 0 Å². The Kier molecular flexibility index (Phi) is 5.37. The minimum atomic E-state index is 0.900. The summed E-state index contributed by atoms with van der Waals surface area (Å²) in [5.41, 5.74) is 0.934. The lowest BCUT2D eigenvalue weighted by atomic mass is 10.7. The highest BCUT2D eigenvalue weighted by Crippen LogP contribution is 1.83. The first kappa shape index (κ1) is 8.14. The number of hydrogen-bond donors (Lipinski definition) is 1. The van der Waals surface area contributed by atoms with Gasteiger partial charge < -0.3 is 4.90 Å². The second-order valence-corrected chi connectivity index (χ2v) is 2.84. The second kappa shape index (κ2) is 5.28. The average molecular weight is 134 g/mol. The van der Waals surface area contributed by atoms with E-state index < -0.39 is 0 Å². The monoisotopic (exact) mass is 134 g/mol. The van der Waals surface area contributed by atoms with Crippen molar-refractivity contribution in [3.63, 3.8) is 0 Å². The molecule has 1 radical (unpaired) electrons. The third-order valence-corrected chi connectivity index (χ3v) is 1.36. The van der Waals surface area contributed by atoms with E-state index >= 15 is 0 Å². The minimum absolute atomic E-state index is 0.900. The molecule has 0 aromatic rings. The van der Waals surface area contributed by atoms with Gasteiger partial charge in [-0.1, -0.05) is 0 Å². The van der Waals surface area contributed by atoms with Crippen LogP contribution in [0.5, 0.6) is 0 Å². The van der Waals surface area contributed by atoms with Gasteiger partial charge in [-0.25, -0.2) is 0 Å². The topological polar surface area (TPSA) is 23.1 Å². The fraction of sp³-hybridized carbons (Fsp3) is 0.800. The molecule has 0 fully saturated rings. The summed E-state index contributed by atoms with van der Waals surface area (Å²) < 4.78 is 0. The first-order valence-corrected chi connectivity index (χ1v) is 3.67. The van der Waals surface area contributed by atoms with Crippen molar-refractivity contribution in [3.8, 4) is 0 Å². The zero-order valence-corrected chi connectivity index (χ0v) is 6.19. The van der Waals surface area contributed by atoms with E-state index in [4.69, 9.17) is 0 Å². The van der Waals surface area contributed by atoms with E-state index in [1.807, 2.05) is 14.1 Å². The summed E-state index contributed by atoms with van der Waals surface area (Å²) in [6.45, 7) is 1.00. The van der Waals surface area contributed by atoms with E-state index in [1.165, 1.54) is 0 Å². The summed E-state index contributed by atoms with van der Waals surface area (Å²) in [6.07, 6.45) is 0. The van der Waals surface area contributed by atoms with Crippen LogP contribution in [0.15, 0.2) is 0 Å². The van der Waals surface area contributed by atoms with Crippen molar-refractivity contribution in [3.05, 3.63) is 0 Å². The lowest BCUT2D eigenvalue weighted by Crippen LogP contribution is -2.14. The largest absolute Gasteiger partial charge is 0.309 e. The van der Waals surface area contributed by atoms with Crippen LogP contribution in [0.25, 0.3) is 0 Å². The molecule has 0 aliphatic rings. The molecule has 3 heteroatoms. The first-order chi connectivity index (χ1) is 3.77. The molecule has 0 aromatic carbocycles. The van der Waals surface area contributed by atoms with Crippen LogP contribution in [0.3, 0.4) is 0 Å². The van der Waals surface area contributed by atoms with Crippen molar-refractivity contribution in [1.29, 1.82) is 0 Å². The maximum atomic E-state index is 9.76. The molecule has 8 heavy (non-hydrogen) atoms. The fourth-order valence-electron chi connectivity index (χ4n) is 0.310. The summed E-state index contributed by atoms with van der Waals surface area (Å²) in [4.78, 5) is 2.07. The highest BCUT2D eigenvalue weighted by molar-refractivity contribution is 7.97. The zero-order valence-electron chi connectivity index (χ0n) is 5.29. The van der Waals surface area contributed by atoms with E-state index in [2.05, 4.69) is 4.90 Å². The molecular formula is C5H12NOS. The Bertz CT molecular complexity index is 72.8. The van der Waals surface area contributed by atoms with Gasteiger partial charge in [-0.2, -0.15) is 16.5 Å². The van der Waals surface area contributed by atoms with Gasteiger partial charge in [-0.3, -0.25) is 0 Å². The van der Waals surface area contributed by atoms with E-state index in [-0.39, 0.29) is 0 Å². The van der Waals surface area contributed by atoms with Gasteiger partial charge in [0.2, 0.25) is 0 Å². The summed E-state index contributed by atoms with van der Waals surface area (Å²) in [5.74, 6) is 0.955. The highest BCUT2D eigenvalue weighted by atomic mass is 32.1. The standard InChI is InChI=1S/C5H12NOS/c1-6(2)3-4-8-5-7/h5,8H,3-4H2,1-2H3. The quantitative estimate of drug-likeness (QED) is 0.432. The molecule has 0 amide bonds. The number of hydrogen-bond acceptors (Lipinski definition) is 1. The Morgan fingerprint density at radius 1 is 1.62 bits per heavy atom. The zero-order chi connectivity index (χ0) is 6.41. The molecule has 0 heterocycles.